The third-order valence-corrected chi connectivity index (χ3v) is 2.22. The number of nitrogens with zero attached hydrogens (tertiary/aromatic N) is 1. The summed E-state index contributed by atoms with van der Waals surface area (Å²) in [4.78, 5) is 1.02. The first-order valence-electron chi connectivity index (χ1n) is 4.97. The molecule has 0 heterocycles. The van der Waals surface area contributed by atoms with Crippen LogP contribution in [0.5, 0.6) is 0 Å². The third-order valence-electron chi connectivity index (χ3n) is 2.22. The van der Waals surface area contributed by atoms with Gasteiger partial charge in [-0.05, 0) is 37.2 Å². The summed E-state index contributed by atoms with van der Waals surface area (Å²) in [6, 6.07) is 2.93. The lowest BCUT2D eigenvalue weighted by Crippen LogP contribution is -2.32. The zero-order valence-corrected chi connectivity index (χ0v) is 9.19. The maximum atomic E-state index is 13.2. The molecule has 0 saturated carbocycles. The molecule has 0 bridgehead atoms. The van der Waals surface area contributed by atoms with Crippen LogP contribution < -0.4 is 0 Å². The number of halogens is 5. The van der Waals surface area contributed by atoms with E-state index in [1.807, 2.05) is 0 Å². The second-order valence-corrected chi connectivity index (χ2v) is 3.84. The Kier molecular flexibility index (Phi) is 4.45. The van der Waals surface area contributed by atoms with Crippen LogP contribution in [-0.4, -0.2) is 31.2 Å². The van der Waals surface area contributed by atoms with E-state index in [0.717, 1.165) is 23.1 Å². The second-order valence-electron chi connectivity index (χ2n) is 3.84. The molecule has 0 aromatic heterocycles. The van der Waals surface area contributed by atoms with Crippen molar-refractivity contribution in [1.29, 1.82) is 0 Å². The molecular formula is C11H12F5N. The molecule has 0 N–H and O–H groups in total. The first kappa shape index (κ1) is 13.9. The first-order valence-corrected chi connectivity index (χ1v) is 4.97. The Morgan fingerprint density at radius 3 is 2.41 bits per heavy atom. The van der Waals surface area contributed by atoms with Crippen LogP contribution in [0.4, 0.5) is 22.0 Å². The average molecular weight is 253 g/mol. The predicted molar refractivity (Wildman–Crippen MR) is 53.6 cm³/mol. The van der Waals surface area contributed by atoms with Gasteiger partial charge in [0.25, 0.3) is 0 Å². The van der Waals surface area contributed by atoms with Gasteiger partial charge in [-0.25, -0.2) is 8.78 Å². The molecule has 0 fully saturated rings. The highest BCUT2D eigenvalue weighted by Crippen LogP contribution is 2.16. The minimum atomic E-state index is -4.28. The van der Waals surface area contributed by atoms with Crippen LogP contribution >= 0.6 is 0 Å². The molecule has 0 spiro atoms. The Hall–Kier alpha value is -1.17. The van der Waals surface area contributed by atoms with Gasteiger partial charge in [0.05, 0.1) is 6.54 Å². The lowest BCUT2D eigenvalue weighted by molar-refractivity contribution is -0.142. The normalized spacial score (nSPS) is 12.2. The fraction of sp³-hybridized carbons (Fsp3) is 0.455. The van der Waals surface area contributed by atoms with E-state index in [1.165, 1.54) is 7.05 Å². The smallest absolute Gasteiger partial charge is 0.298 e. The van der Waals surface area contributed by atoms with E-state index < -0.39 is 24.4 Å². The lowest BCUT2D eigenvalue weighted by atomic mass is 10.1. The van der Waals surface area contributed by atoms with E-state index in [1.54, 1.807) is 0 Å². The molecule has 6 heteroatoms. The van der Waals surface area contributed by atoms with Gasteiger partial charge in [0.2, 0.25) is 0 Å². The summed E-state index contributed by atoms with van der Waals surface area (Å²) in [6.07, 6.45) is -4.24. The summed E-state index contributed by atoms with van der Waals surface area (Å²) in [5.41, 5.74) is 0.0824. The van der Waals surface area contributed by atoms with Gasteiger partial charge in [-0.1, -0.05) is 0 Å². The van der Waals surface area contributed by atoms with Crippen molar-refractivity contribution in [2.75, 3.05) is 20.1 Å². The van der Waals surface area contributed by atoms with Crippen LogP contribution in [-0.2, 0) is 6.42 Å². The molecule has 0 saturated heterocycles. The largest absolute Gasteiger partial charge is 0.401 e. The van der Waals surface area contributed by atoms with Crippen molar-refractivity contribution >= 4 is 0 Å². The molecule has 1 rings (SSSR count). The van der Waals surface area contributed by atoms with Crippen LogP contribution in [0.1, 0.15) is 5.56 Å². The minimum Gasteiger partial charge on any atom is -0.298 e. The van der Waals surface area contributed by atoms with Gasteiger partial charge in [0.15, 0.2) is 0 Å². The van der Waals surface area contributed by atoms with Crippen LogP contribution in [0.25, 0.3) is 0 Å². The Bertz CT molecular complexity index is 375. The van der Waals surface area contributed by atoms with Gasteiger partial charge in [0, 0.05) is 6.54 Å². The van der Waals surface area contributed by atoms with Gasteiger partial charge in [-0.15, -0.1) is 0 Å². The molecule has 0 radical (unpaired) electrons. The topological polar surface area (TPSA) is 3.24 Å². The van der Waals surface area contributed by atoms with Crippen LogP contribution in [0.3, 0.4) is 0 Å². The average Bonchev–Trinajstić information content (AvgIpc) is 2.17. The van der Waals surface area contributed by atoms with Gasteiger partial charge >= 0.3 is 6.18 Å². The number of rotatable bonds is 4. The molecule has 1 aromatic carbocycles. The molecule has 0 aliphatic heterocycles. The maximum absolute atomic E-state index is 13.2. The Morgan fingerprint density at radius 2 is 1.82 bits per heavy atom. The highest BCUT2D eigenvalue weighted by Gasteiger charge is 2.28. The number of alkyl halides is 3. The molecule has 0 amide bonds. The number of likely N-dealkylation sites (N-methyl/N-ethyl adjacent to an activating group) is 1. The quantitative estimate of drug-likeness (QED) is 0.745. The summed E-state index contributed by atoms with van der Waals surface area (Å²) < 4.78 is 61.9. The summed E-state index contributed by atoms with van der Waals surface area (Å²) in [5.74, 6) is -1.20. The standard InChI is InChI=1S/C11H12F5N/c1-17(7-11(14,15)16)5-4-8-6-9(12)2-3-10(8)13/h2-3,6H,4-5,7H2,1H3. The van der Waals surface area contributed by atoms with Crippen molar-refractivity contribution < 1.29 is 22.0 Å². The lowest BCUT2D eigenvalue weighted by Gasteiger charge is -2.18. The molecule has 0 unspecified atom stereocenters. The zero-order chi connectivity index (χ0) is 13.1. The number of hydrogen-bond donors (Lipinski definition) is 0. The molecule has 96 valence electrons. The molecule has 0 aliphatic carbocycles. The SMILES string of the molecule is CN(CCc1cc(F)ccc1F)CC(F)(F)F. The van der Waals surface area contributed by atoms with Crippen LogP contribution in [0.2, 0.25) is 0 Å². The van der Waals surface area contributed by atoms with Crippen molar-refractivity contribution in [1.82, 2.24) is 4.90 Å². The zero-order valence-electron chi connectivity index (χ0n) is 9.19. The van der Waals surface area contributed by atoms with E-state index in [4.69, 9.17) is 0 Å². The summed E-state index contributed by atoms with van der Waals surface area (Å²) in [6.45, 7) is -1.05. The Labute approximate surface area is 95.8 Å². The van der Waals surface area contributed by atoms with Gasteiger partial charge in [0.1, 0.15) is 11.6 Å². The van der Waals surface area contributed by atoms with Crippen molar-refractivity contribution in [3.8, 4) is 0 Å². The number of hydrogen-bond acceptors (Lipinski definition) is 1. The predicted octanol–water partition coefficient (Wildman–Crippen LogP) is 3.00. The van der Waals surface area contributed by atoms with E-state index >= 15 is 0 Å². The van der Waals surface area contributed by atoms with Crippen molar-refractivity contribution in [2.24, 2.45) is 0 Å². The maximum Gasteiger partial charge on any atom is 0.401 e. The fourth-order valence-electron chi connectivity index (χ4n) is 1.43. The highest BCUT2D eigenvalue weighted by molar-refractivity contribution is 5.18. The van der Waals surface area contributed by atoms with Gasteiger partial charge in [-0.2, -0.15) is 13.2 Å². The van der Waals surface area contributed by atoms with Crippen molar-refractivity contribution in [2.45, 2.75) is 12.6 Å². The molecule has 1 aromatic rings. The third kappa shape index (κ3) is 5.12. The number of benzene rings is 1. The van der Waals surface area contributed by atoms with Gasteiger partial charge in [-0.3, -0.25) is 4.90 Å². The molecule has 1 nitrogen and oxygen atoms in total. The summed E-state index contributed by atoms with van der Waals surface area (Å²) >= 11 is 0. The minimum absolute atomic E-state index is 0.0138. The van der Waals surface area contributed by atoms with Crippen molar-refractivity contribution in [3.05, 3.63) is 35.4 Å². The van der Waals surface area contributed by atoms with E-state index in [0.29, 0.717) is 0 Å². The molecule has 17 heavy (non-hydrogen) atoms. The Balaban J connectivity index is 2.53. The Morgan fingerprint density at radius 1 is 1.18 bits per heavy atom. The van der Waals surface area contributed by atoms with Crippen LogP contribution in [0, 0.1) is 11.6 Å². The van der Waals surface area contributed by atoms with E-state index in [2.05, 4.69) is 0 Å². The van der Waals surface area contributed by atoms with Crippen molar-refractivity contribution in [3.63, 3.8) is 0 Å². The molecular weight excluding hydrogens is 241 g/mol. The fourth-order valence-corrected chi connectivity index (χ4v) is 1.43. The summed E-state index contributed by atoms with van der Waals surface area (Å²) in [7, 11) is 1.28. The van der Waals surface area contributed by atoms with Crippen LogP contribution in [0.15, 0.2) is 18.2 Å². The monoisotopic (exact) mass is 253 g/mol. The molecule has 0 aliphatic rings. The first-order chi connectivity index (χ1) is 7.78. The van der Waals surface area contributed by atoms with E-state index in [9.17, 15) is 22.0 Å². The van der Waals surface area contributed by atoms with Gasteiger partial charge < -0.3 is 0 Å². The highest BCUT2D eigenvalue weighted by atomic mass is 19.4. The summed E-state index contributed by atoms with van der Waals surface area (Å²) in [5, 5.41) is 0. The molecule has 0 atom stereocenters. The second kappa shape index (κ2) is 5.44. The van der Waals surface area contributed by atoms with E-state index in [-0.39, 0.29) is 18.5 Å².